The minimum absolute atomic E-state index is 0.378. The predicted octanol–water partition coefficient (Wildman–Crippen LogP) is 2.19. The van der Waals surface area contributed by atoms with E-state index in [0.29, 0.717) is 5.28 Å². The van der Waals surface area contributed by atoms with Gasteiger partial charge in [0.1, 0.15) is 0 Å². The van der Waals surface area contributed by atoms with Crippen molar-refractivity contribution in [2.45, 2.75) is 18.4 Å². The quantitative estimate of drug-likeness (QED) is 0.581. The summed E-state index contributed by atoms with van der Waals surface area (Å²) >= 11 is 7.56. The van der Waals surface area contributed by atoms with E-state index in [4.69, 9.17) is 11.6 Å². The van der Waals surface area contributed by atoms with E-state index in [1.807, 2.05) is 18.7 Å². The number of hydrogen-bond donors (Lipinski definition) is 0. The summed E-state index contributed by atoms with van der Waals surface area (Å²) < 4.78 is 0. The highest BCUT2D eigenvalue weighted by molar-refractivity contribution is 7.98. The van der Waals surface area contributed by atoms with Crippen LogP contribution in [0.4, 0.5) is 0 Å². The highest BCUT2D eigenvalue weighted by atomic mass is 35.5. The lowest BCUT2D eigenvalue weighted by Crippen LogP contribution is -1.96. The summed E-state index contributed by atoms with van der Waals surface area (Å²) in [6.07, 6.45) is 0. The van der Waals surface area contributed by atoms with Gasteiger partial charge in [-0.15, -0.1) is 0 Å². The van der Waals surface area contributed by atoms with E-state index in [2.05, 4.69) is 9.97 Å². The third-order valence-corrected chi connectivity index (χ3v) is 2.90. The number of aryl methyl sites for hydroxylation is 1. The van der Waals surface area contributed by atoms with Crippen molar-refractivity contribution in [2.24, 2.45) is 0 Å². The monoisotopic (exact) mass is 186 g/mol. The number of fused-ring (bicyclic) bond motifs is 1. The first-order valence-corrected chi connectivity index (χ1v) is 4.90. The zero-order valence-electron chi connectivity index (χ0n) is 6.09. The van der Waals surface area contributed by atoms with Gasteiger partial charge in [-0.1, -0.05) is 0 Å². The van der Waals surface area contributed by atoms with Crippen LogP contribution >= 0.6 is 23.4 Å². The van der Waals surface area contributed by atoms with Crippen LogP contribution in [0.2, 0.25) is 5.28 Å². The molecule has 11 heavy (non-hydrogen) atoms. The summed E-state index contributed by atoms with van der Waals surface area (Å²) in [4.78, 5) is 8.23. The Kier molecular flexibility index (Phi) is 1.77. The minimum atomic E-state index is 0.378. The maximum Gasteiger partial charge on any atom is 0.222 e. The Balaban J connectivity index is 2.60. The maximum absolute atomic E-state index is 5.70. The largest absolute Gasteiger partial charge is 0.223 e. The standard InChI is InChI=1S/C7H7ClN2S/c1-4-5-2-11-3-6(5)10-7(8)9-4/h2-3H2,1H3. The van der Waals surface area contributed by atoms with E-state index in [1.54, 1.807) is 0 Å². The molecule has 0 saturated heterocycles. The highest BCUT2D eigenvalue weighted by Gasteiger charge is 2.16. The zero-order chi connectivity index (χ0) is 7.84. The van der Waals surface area contributed by atoms with Crippen molar-refractivity contribution in [1.82, 2.24) is 9.97 Å². The van der Waals surface area contributed by atoms with Gasteiger partial charge in [0.15, 0.2) is 0 Å². The van der Waals surface area contributed by atoms with Gasteiger partial charge >= 0.3 is 0 Å². The van der Waals surface area contributed by atoms with Crippen LogP contribution in [0.25, 0.3) is 0 Å². The Labute approximate surface area is 74.4 Å². The molecule has 0 saturated carbocycles. The van der Waals surface area contributed by atoms with E-state index in [9.17, 15) is 0 Å². The predicted molar refractivity (Wildman–Crippen MR) is 46.8 cm³/mol. The number of rotatable bonds is 0. The Morgan fingerprint density at radius 1 is 1.36 bits per heavy atom. The van der Waals surface area contributed by atoms with Gasteiger partial charge in [-0.2, -0.15) is 11.8 Å². The Hall–Kier alpha value is -0.280. The van der Waals surface area contributed by atoms with Crippen LogP contribution in [-0.2, 0) is 11.5 Å². The van der Waals surface area contributed by atoms with Crippen molar-refractivity contribution in [3.63, 3.8) is 0 Å². The van der Waals surface area contributed by atoms with E-state index in [1.165, 1.54) is 5.56 Å². The topological polar surface area (TPSA) is 25.8 Å². The van der Waals surface area contributed by atoms with Gasteiger partial charge in [-0.25, -0.2) is 9.97 Å². The summed E-state index contributed by atoms with van der Waals surface area (Å²) in [6, 6.07) is 0. The molecule has 0 spiro atoms. The molecule has 2 heterocycles. The second kappa shape index (κ2) is 2.64. The van der Waals surface area contributed by atoms with Gasteiger partial charge in [-0.05, 0) is 18.5 Å². The van der Waals surface area contributed by atoms with Crippen molar-refractivity contribution in [1.29, 1.82) is 0 Å². The van der Waals surface area contributed by atoms with Crippen molar-refractivity contribution in [3.8, 4) is 0 Å². The third-order valence-electron chi connectivity index (χ3n) is 1.76. The lowest BCUT2D eigenvalue weighted by Gasteiger charge is -2.00. The van der Waals surface area contributed by atoms with Gasteiger partial charge in [-0.3, -0.25) is 0 Å². The molecule has 0 radical (unpaired) electrons. The molecule has 1 aromatic heterocycles. The van der Waals surface area contributed by atoms with Crippen molar-refractivity contribution in [3.05, 3.63) is 22.2 Å². The van der Waals surface area contributed by atoms with Crippen LogP contribution in [0.15, 0.2) is 0 Å². The zero-order valence-corrected chi connectivity index (χ0v) is 7.67. The molecule has 0 aliphatic carbocycles. The molecule has 0 N–H and O–H groups in total. The van der Waals surface area contributed by atoms with Crippen LogP contribution < -0.4 is 0 Å². The summed E-state index contributed by atoms with van der Waals surface area (Å²) in [5.41, 5.74) is 3.43. The molecule has 0 atom stereocenters. The highest BCUT2D eigenvalue weighted by Crippen LogP contribution is 2.30. The molecule has 2 nitrogen and oxygen atoms in total. The first-order chi connectivity index (χ1) is 5.27. The Bertz CT molecular complexity index is 301. The van der Waals surface area contributed by atoms with Gasteiger partial charge in [0.2, 0.25) is 5.28 Å². The Morgan fingerprint density at radius 3 is 3.00 bits per heavy atom. The summed E-state index contributed by atoms with van der Waals surface area (Å²) in [5.74, 6) is 2.02. The van der Waals surface area contributed by atoms with Crippen molar-refractivity contribution >= 4 is 23.4 Å². The molecule has 1 aliphatic rings. The van der Waals surface area contributed by atoms with E-state index >= 15 is 0 Å². The summed E-state index contributed by atoms with van der Waals surface area (Å²) in [7, 11) is 0. The van der Waals surface area contributed by atoms with Crippen LogP contribution in [0.1, 0.15) is 17.0 Å². The fraction of sp³-hybridized carbons (Fsp3) is 0.429. The van der Waals surface area contributed by atoms with Gasteiger partial charge < -0.3 is 0 Å². The Morgan fingerprint density at radius 2 is 2.18 bits per heavy atom. The fourth-order valence-corrected chi connectivity index (χ4v) is 2.52. The minimum Gasteiger partial charge on any atom is -0.223 e. The SMILES string of the molecule is Cc1nc(Cl)nc2c1CSC2. The number of hydrogen-bond acceptors (Lipinski definition) is 3. The molecule has 0 aromatic carbocycles. The van der Waals surface area contributed by atoms with Crippen LogP contribution in [-0.4, -0.2) is 9.97 Å². The summed E-state index contributed by atoms with van der Waals surface area (Å²) in [6.45, 7) is 1.98. The lowest BCUT2D eigenvalue weighted by molar-refractivity contribution is 1.02. The molecule has 2 rings (SSSR count). The van der Waals surface area contributed by atoms with Gasteiger partial charge in [0.25, 0.3) is 0 Å². The van der Waals surface area contributed by atoms with E-state index < -0.39 is 0 Å². The lowest BCUT2D eigenvalue weighted by atomic mass is 10.2. The third kappa shape index (κ3) is 1.23. The van der Waals surface area contributed by atoms with Crippen molar-refractivity contribution in [2.75, 3.05) is 0 Å². The average molecular weight is 187 g/mol. The molecule has 0 bridgehead atoms. The van der Waals surface area contributed by atoms with E-state index in [-0.39, 0.29) is 0 Å². The second-order valence-electron chi connectivity index (χ2n) is 2.50. The molecule has 0 amide bonds. The number of aromatic nitrogens is 2. The molecule has 0 unspecified atom stereocenters. The summed E-state index contributed by atoms with van der Waals surface area (Å²) in [5, 5.41) is 0.378. The van der Waals surface area contributed by atoms with Crippen LogP contribution in [0, 0.1) is 6.92 Å². The van der Waals surface area contributed by atoms with E-state index in [0.717, 1.165) is 22.9 Å². The van der Waals surface area contributed by atoms with Crippen LogP contribution in [0.5, 0.6) is 0 Å². The first-order valence-electron chi connectivity index (χ1n) is 3.37. The normalized spacial score (nSPS) is 15.1. The number of thioether (sulfide) groups is 1. The van der Waals surface area contributed by atoms with Gasteiger partial charge in [0, 0.05) is 22.8 Å². The molecule has 0 fully saturated rings. The molecule has 58 valence electrons. The van der Waals surface area contributed by atoms with Crippen molar-refractivity contribution < 1.29 is 0 Å². The molecular formula is C7H7ClN2S. The first kappa shape index (κ1) is 7.37. The number of halogens is 1. The molecule has 1 aromatic rings. The molecule has 4 heteroatoms. The van der Waals surface area contributed by atoms with Gasteiger partial charge in [0.05, 0.1) is 5.69 Å². The fourth-order valence-electron chi connectivity index (χ4n) is 1.18. The molecule has 1 aliphatic heterocycles. The smallest absolute Gasteiger partial charge is 0.222 e. The average Bonchev–Trinajstić information content (AvgIpc) is 2.34. The number of nitrogens with zero attached hydrogens (tertiary/aromatic N) is 2. The molecular weight excluding hydrogens is 180 g/mol. The maximum atomic E-state index is 5.70. The van der Waals surface area contributed by atoms with Crippen LogP contribution in [0.3, 0.4) is 0 Å². The second-order valence-corrected chi connectivity index (χ2v) is 3.82.